The van der Waals surface area contributed by atoms with Crippen LogP contribution >= 0.6 is 0 Å². The topological polar surface area (TPSA) is 37.3 Å². The molecule has 0 saturated heterocycles. The minimum atomic E-state index is -1.17. The van der Waals surface area contributed by atoms with Gasteiger partial charge in [0.15, 0.2) is 0 Å². The fraction of sp³-hybridized carbons (Fsp3) is 0.385. The lowest BCUT2D eigenvalue weighted by atomic mass is 10.1. The first-order valence-corrected chi connectivity index (χ1v) is 6.55. The summed E-state index contributed by atoms with van der Waals surface area (Å²) in [5.41, 5.74) is 1.15. The molecule has 0 aliphatic heterocycles. The second-order valence-electron chi connectivity index (χ2n) is 4.17. The fourth-order valence-electron chi connectivity index (χ4n) is 1.13. The highest BCUT2D eigenvalue weighted by Crippen LogP contribution is 2.10. The number of aliphatic hydroxyl groups excluding tert-OH is 1. The van der Waals surface area contributed by atoms with E-state index in [1.54, 1.807) is 11.5 Å². The first-order chi connectivity index (χ1) is 7.50. The lowest BCUT2D eigenvalue weighted by Gasteiger charge is -2.08. The van der Waals surface area contributed by atoms with Gasteiger partial charge in [0.1, 0.15) is 0 Å². The van der Waals surface area contributed by atoms with Crippen molar-refractivity contribution in [3.8, 4) is 0 Å². The predicted molar refractivity (Wildman–Crippen MR) is 67.6 cm³/mol. The van der Waals surface area contributed by atoms with Crippen LogP contribution in [0.4, 0.5) is 0 Å². The summed E-state index contributed by atoms with van der Waals surface area (Å²) in [6.07, 6.45) is 1.06. The van der Waals surface area contributed by atoms with Gasteiger partial charge in [-0.25, -0.2) is 4.21 Å². The zero-order chi connectivity index (χ0) is 12.1. The van der Waals surface area contributed by atoms with Gasteiger partial charge in [-0.05, 0) is 31.1 Å². The molecule has 0 bridgehead atoms. The summed E-state index contributed by atoms with van der Waals surface area (Å²) in [5, 5.41) is 11.1. The van der Waals surface area contributed by atoms with Crippen molar-refractivity contribution in [1.82, 2.24) is 0 Å². The van der Waals surface area contributed by atoms with Gasteiger partial charge in [-0.2, -0.15) is 0 Å². The van der Waals surface area contributed by atoms with Crippen LogP contribution in [0.25, 0.3) is 0 Å². The minimum absolute atomic E-state index is 0.145. The van der Waals surface area contributed by atoms with E-state index in [9.17, 15) is 9.32 Å². The molecule has 0 spiro atoms. The van der Waals surface area contributed by atoms with E-state index in [1.807, 2.05) is 45.0 Å². The Morgan fingerprint density at radius 2 is 1.81 bits per heavy atom. The van der Waals surface area contributed by atoms with E-state index >= 15 is 0 Å². The quantitative estimate of drug-likeness (QED) is 0.875. The summed E-state index contributed by atoms with van der Waals surface area (Å²) < 4.78 is 11.8. The molecule has 0 aliphatic carbocycles. The summed E-state index contributed by atoms with van der Waals surface area (Å²) in [5.74, 6) is 0.145. The van der Waals surface area contributed by atoms with Gasteiger partial charge >= 0.3 is 0 Å². The Balaban J connectivity index is 2.69. The maximum atomic E-state index is 11.8. The zero-order valence-electron chi connectivity index (χ0n) is 9.88. The highest BCUT2D eigenvalue weighted by Gasteiger charge is 2.05. The second kappa shape index (κ2) is 5.97. The molecule has 0 aromatic heterocycles. The predicted octanol–water partition coefficient (Wildman–Crippen LogP) is 2.63. The molecule has 3 heteroatoms. The Morgan fingerprint density at radius 3 is 2.31 bits per heavy atom. The van der Waals surface area contributed by atoms with E-state index in [2.05, 4.69) is 0 Å². The molecule has 2 nitrogen and oxygen atoms in total. The van der Waals surface area contributed by atoms with Gasteiger partial charge in [-0.1, -0.05) is 31.5 Å². The van der Waals surface area contributed by atoms with E-state index < -0.39 is 16.9 Å². The maximum absolute atomic E-state index is 11.8. The molecule has 0 saturated carbocycles. The van der Waals surface area contributed by atoms with Gasteiger partial charge in [-0.3, -0.25) is 0 Å². The Bertz CT molecular complexity index is 379. The summed E-state index contributed by atoms with van der Waals surface area (Å²) in [7, 11) is -1.17. The Morgan fingerprint density at radius 1 is 1.25 bits per heavy atom. The molecule has 1 aromatic rings. The second-order valence-corrected chi connectivity index (χ2v) is 5.51. The lowest BCUT2D eigenvalue weighted by Crippen LogP contribution is -2.10. The van der Waals surface area contributed by atoms with E-state index in [1.165, 1.54) is 0 Å². The molecule has 0 radical (unpaired) electrons. The molecule has 2 unspecified atom stereocenters. The summed E-state index contributed by atoms with van der Waals surface area (Å²) in [6, 6.07) is 7.55. The van der Waals surface area contributed by atoms with Crippen molar-refractivity contribution >= 4 is 10.8 Å². The van der Waals surface area contributed by atoms with Gasteiger partial charge in [0.2, 0.25) is 0 Å². The van der Waals surface area contributed by atoms with Crippen LogP contribution in [0.1, 0.15) is 19.4 Å². The standard InChI is InChI=1S/C13H18O2S/c1-10(2)13(14)8-9-16(15)12-6-4-11(3)5-7-12/h4-10,13-14H,1-3H3/b9-8+. The molecular formula is C13H18O2S. The average molecular weight is 238 g/mol. The van der Waals surface area contributed by atoms with E-state index in [-0.39, 0.29) is 5.92 Å². The Labute approximate surface area is 99.5 Å². The van der Waals surface area contributed by atoms with Crippen LogP contribution in [-0.4, -0.2) is 15.4 Å². The van der Waals surface area contributed by atoms with Crippen molar-refractivity contribution in [3.05, 3.63) is 41.3 Å². The van der Waals surface area contributed by atoms with Crippen LogP contribution in [0.15, 0.2) is 40.6 Å². The van der Waals surface area contributed by atoms with E-state index in [0.717, 1.165) is 10.5 Å². The van der Waals surface area contributed by atoms with Gasteiger partial charge < -0.3 is 5.11 Å². The molecule has 2 atom stereocenters. The average Bonchev–Trinajstić information content (AvgIpc) is 2.26. The fourth-order valence-corrected chi connectivity index (χ4v) is 1.99. The maximum Gasteiger partial charge on any atom is 0.0773 e. The minimum Gasteiger partial charge on any atom is -0.389 e. The molecule has 1 aromatic carbocycles. The number of rotatable bonds is 4. The van der Waals surface area contributed by atoms with Crippen LogP contribution in [0.3, 0.4) is 0 Å². The molecular weight excluding hydrogens is 220 g/mol. The van der Waals surface area contributed by atoms with Gasteiger partial charge in [0.05, 0.1) is 16.9 Å². The third-order valence-electron chi connectivity index (χ3n) is 2.34. The third kappa shape index (κ3) is 3.91. The van der Waals surface area contributed by atoms with Gasteiger partial charge in [0.25, 0.3) is 0 Å². The van der Waals surface area contributed by atoms with Crippen molar-refractivity contribution in [2.45, 2.75) is 31.8 Å². The van der Waals surface area contributed by atoms with Crippen molar-refractivity contribution in [1.29, 1.82) is 0 Å². The van der Waals surface area contributed by atoms with Crippen LogP contribution in [0, 0.1) is 12.8 Å². The van der Waals surface area contributed by atoms with E-state index in [0.29, 0.717) is 0 Å². The normalized spacial score (nSPS) is 15.6. The molecule has 0 amide bonds. The third-order valence-corrected chi connectivity index (χ3v) is 3.48. The van der Waals surface area contributed by atoms with Crippen molar-refractivity contribution in [3.63, 3.8) is 0 Å². The number of benzene rings is 1. The van der Waals surface area contributed by atoms with Crippen LogP contribution in [0.5, 0.6) is 0 Å². The van der Waals surface area contributed by atoms with Crippen molar-refractivity contribution < 1.29 is 9.32 Å². The molecule has 16 heavy (non-hydrogen) atoms. The summed E-state index contributed by atoms with van der Waals surface area (Å²) in [4.78, 5) is 0.762. The van der Waals surface area contributed by atoms with Crippen molar-refractivity contribution in [2.24, 2.45) is 5.92 Å². The highest BCUT2D eigenvalue weighted by molar-refractivity contribution is 7.88. The zero-order valence-corrected chi connectivity index (χ0v) is 10.7. The van der Waals surface area contributed by atoms with Crippen LogP contribution in [-0.2, 0) is 10.8 Å². The molecule has 0 fully saturated rings. The highest BCUT2D eigenvalue weighted by atomic mass is 32.2. The van der Waals surface area contributed by atoms with Gasteiger partial charge in [-0.15, -0.1) is 0 Å². The molecule has 0 aliphatic rings. The summed E-state index contributed by atoms with van der Waals surface area (Å²) in [6.45, 7) is 5.83. The number of aliphatic hydroxyl groups is 1. The smallest absolute Gasteiger partial charge is 0.0773 e. The molecule has 88 valence electrons. The monoisotopic (exact) mass is 238 g/mol. The number of hydrogen-bond acceptors (Lipinski definition) is 2. The SMILES string of the molecule is Cc1ccc(S(=O)/C=C/C(O)C(C)C)cc1. The largest absolute Gasteiger partial charge is 0.389 e. The molecule has 0 heterocycles. The molecule has 1 rings (SSSR count). The number of hydrogen-bond donors (Lipinski definition) is 1. The number of aryl methyl sites for hydroxylation is 1. The molecule has 1 N–H and O–H groups in total. The lowest BCUT2D eigenvalue weighted by molar-refractivity contribution is 0.172. The Kier molecular flexibility index (Phi) is 4.90. The first-order valence-electron chi connectivity index (χ1n) is 5.34. The van der Waals surface area contributed by atoms with E-state index in [4.69, 9.17) is 0 Å². The first kappa shape index (κ1) is 13.1. The van der Waals surface area contributed by atoms with Crippen LogP contribution in [0.2, 0.25) is 0 Å². The van der Waals surface area contributed by atoms with Crippen molar-refractivity contribution in [2.75, 3.05) is 0 Å². The summed E-state index contributed by atoms with van der Waals surface area (Å²) >= 11 is 0. The Hall–Kier alpha value is -0.930. The van der Waals surface area contributed by atoms with Gasteiger partial charge in [0, 0.05) is 10.3 Å². The van der Waals surface area contributed by atoms with Crippen LogP contribution < -0.4 is 0 Å².